The highest BCUT2D eigenvalue weighted by molar-refractivity contribution is 5.61. The Labute approximate surface area is 97.6 Å². The molecule has 0 aliphatic carbocycles. The number of likely N-dealkylation sites (tertiary alicyclic amines) is 1. The fraction of sp³-hybridized carbons (Fsp3) is 0.571. The topological polar surface area (TPSA) is 15.3 Å². The molecule has 1 fully saturated rings. The lowest BCUT2D eigenvalue weighted by Gasteiger charge is -2.32. The molecule has 86 valence electrons. The van der Waals surface area contributed by atoms with Crippen LogP contribution >= 0.6 is 0 Å². The molecule has 0 radical (unpaired) electrons. The van der Waals surface area contributed by atoms with Crippen molar-refractivity contribution in [3.63, 3.8) is 0 Å². The van der Waals surface area contributed by atoms with Gasteiger partial charge in [0, 0.05) is 24.2 Å². The first-order valence-corrected chi connectivity index (χ1v) is 6.36. The number of hydrogen-bond acceptors (Lipinski definition) is 2. The fourth-order valence-electron chi connectivity index (χ4n) is 3.07. The highest BCUT2D eigenvalue weighted by Gasteiger charge is 2.35. The molecule has 1 N–H and O–H groups in total. The Bertz CT molecular complexity index is 400. The Morgan fingerprint density at radius 1 is 1.44 bits per heavy atom. The van der Waals surface area contributed by atoms with E-state index in [1.807, 2.05) is 0 Å². The van der Waals surface area contributed by atoms with Gasteiger partial charge in [-0.2, -0.15) is 0 Å². The standard InChI is InChI=1S/C14H20N2/c1-3-10-4-5-11-12-9-16(2)7-6-13(12)15-14(11)8-10/h4-5,8,12-13,15H,3,6-7,9H2,1-2H3. The van der Waals surface area contributed by atoms with Crippen molar-refractivity contribution in [3.8, 4) is 0 Å². The minimum Gasteiger partial charge on any atom is -0.381 e. The third kappa shape index (κ3) is 1.52. The van der Waals surface area contributed by atoms with Crippen molar-refractivity contribution < 1.29 is 0 Å². The van der Waals surface area contributed by atoms with Crippen molar-refractivity contribution in [1.29, 1.82) is 0 Å². The van der Waals surface area contributed by atoms with Crippen molar-refractivity contribution in [3.05, 3.63) is 29.3 Å². The van der Waals surface area contributed by atoms with Crippen molar-refractivity contribution in [1.82, 2.24) is 4.90 Å². The molecule has 2 atom stereocenters. The highest BCUT2D eigenvalue weighted by atomic mass is 15.1. The number of fused-ring (bicyclic) bond motifs is 3. The first kappa shape index (κ1) is 10.2. The van der Waals surface area contributed by atoms with Crippen LogP contribution < -0.4 is 5.32 Å². The summed E-state index contributed by atoms with van der Waals surface area (Å²) in [5, 5.41) is 3.70. The molecule has 0 aromatic heterocycles. The molecular formula is C14H20N2. The maximum Gasteiger partial charge on any atom is 0.0381 e. The summed E-state index contributed by atoms with van der Waals surface area (Å²) >= 11 is 0. The predicted octanol–water partition coefficient (Wildman–Crippen LogP) is 2.46. The lowest BCUT2D eigenvalue weighted by molar-refractivity contribution is 0.243. The summed E-state index contributed by atoms with van der Waals surface area (Å²) in [6.07, 6.45) is 2.40. The summed E-state index contributed by atoms with van der Waals surface area (Å²) in [5.74, 6) is 0.708. The molecule has 2 unspecified atom stereocenters. The van der Waals surface area contributed by atoms with E-state index in [2.05, 4.69) is 42.4 Å². The van der Waals surface area contributed by atoms with E-state index in [-0.39, 0.29) is 0 Å². The molecule has 1 aromatic rings. The van der Waals surface area contributed by atoms with Crippen LogP contribution in [0.5, 0.6) is 0 Å². The molecule has 2 nitrogen and oxygen atoms in total. The van der Waals surface area contributed by atoms with Gasteiger partial charge in [0.25, 0.3) is 0 Å². The second-order valence-corrected chi connectivity index (χ2v) is 5.18. The van der Waals surface area contributed by atoms with Crippen LogP contribution in [0.3, 0.4) is 0 Å². The molecule has 0 bridgehead atoms. The third-order valence-corrected chi connectivity index (χ3v) is 4.08. The zero-order valence-corrected chi connectivity index (χ0v) is 10.2. The number of likely N-dealkylation sites (N-methyl/N-ethyl adjacent to an activating group) is 1. The number of hydrogen-bond donors (Lipinski definition) is 1. The van der Waals surface area contributed by atoms with Crippen LogP contribution in [-0.4, -0.2) is 31.1 Å². The minimum absolute atomic E-state index is 0.679. The van der Waals surface area contributed by atoms with Crippen LogP contribution in [-0.2, 0) is 6.42 Å². The molecule has 1 aromatic carbocycles. The molecule has 0 amide bonds. The number of aryl methyl sites for hydroxylation is 1. The van der Waals surface area contributed by atoms with E-state index >= 15 is 0 Å². The Balaban J connectivity index is 1.94. The van der Waals surface area contributed by atoms with Crippen LogP contribution in [0.2, 0.25) is 0 Å². The van der Waals surface area contributed by atoms with Crippen molar-refractivity contribution in [2.24, 2.45) is 0 Å². The van der Waals surface area contributed by atoms with E-state index in [4.69, 9.17) is 0 Å². The maximum atomic E-state index is 3.70. The van der Waals surface area contributed by atoms with Crippen LogP contribution in [0, 0.1) is 0 Å². The zero-order valence-electron chi connectivity index (χ0n) is 10.2. The fourth-order valence-corrected chi connectivity index (χ4v) is 3.07. The lowest BCUT2D eigenvalue weighted by Crippen LogP contribution is -2.39. The molecule has 2 aliphatic heterocycles. The summed E-state index contributed by atoms with van der Waals surface area (Å²) in [4.78, 5) is 2.45. The van der Waals surface area contributed by atoms with Gasteiger partial charge in [0.15, 0.2) is 0 Å². The van der Waals surface area contributed by atoms with Gasteiger partial charge in [0.1, 0.15) is 0 Å². The quantitative estimate of drug-likeness (QED) is 0.775. The average molecular weight is 216 g/mol. The molecule has 0 saturated carbocycles. The predicted molar refractivity (Wildman–Crippen MR) is 68.1 cm³/mol. The number of piperidine rings is 1. The van der Waals surface area contributed by atoms with Crippen LogP contribution in [0.4, 0.5) is 5.69 Å². The highest BCUT2D eigenvalue weighted by Crippen LogP contribution is 2.40. The number of rotatable bonds is 1. The van der Waals surface area contributed by atoms with Crippen molar-refractivity contribution >= 4 is 5.69 Å². The van der Waals surface area contributed by atoms with Gasteiger partial charge in [-0.3, -0.25) is 0 Å². The lowest BCUT2D eigenvalue weighted by atomic mass is 9.89. The van der Waals surface area contributed by atoms with Gasteiger partial charge < -0.3 is 10.2 Å². The van der Waals surface area contributed by atoms with E-state index < -0.39 is 0 Å². The number of nitrogens with one attached hydrogen (secondary N) is 1. The number of benzene rings is 1. The van der Waals surface area contributed by atoms with Gasteiger partial charge in [-0.25, -0.2) is 0 Å². The number of anilines is 1. The summed E-state index contributed by atoms with van der Waals surface area (Å²) in [5.41, 5.74) is 4.37. The molecule has 16 heavy (non-hydrogen) atoms. The first-order chi connectivity index (χ1) is 7.78. The molecule has 2 heteroatoms. The van der Waals surface area contributed by atoms with Gasteiger partial charge in [-0.1, -0.05) is 19.1 Å². The Morgan fingerprint density at radius 2 is 2.31 bits per heavy atom. The first-order valence-electron chi connectivity index (χ1n) is 6.36. The SMILES string of the molecule is CCc1ccc2c(c1)NC1CCN(C)CC21. The molecular weight excluding hydrogens is 196 g/mol. The van der Waals surface area contributed by atoms with Gasteiger partial charge >= 0.3 is 0 Å². The summed E-state index contributed by atoms with van der Waals surface area (Å²) in [7, 11) is 2.23. The monoisotopic (exact) mass is 216 g/mol. The van der Waals surface area contributed by atoms with E-state index in [1.54, 1.807) is 0 Å². The second kappa shape index (κ2) is 3.77. The van der Waals surface area contributed by atoms with Crippen LogP contribution in [0.1, 0.15) is 30.4 Å². The number of nitrogens with zero attached hydrogens (tertiary/aromatic N) is 1. The van der Waals surface area contributed by atoms with E-state index in [1.165, 1.54) is 36.3 Å². The van der Waals surface area contributed by atoms with E-state index in [0.717, 1.165) is 6.42 Å². The largest absolute Gasteiger partial charge is 0.381 e. The van der Waals surface area contributed by atoms with E-state index in [9.17, 15) is 0 Å². The van der Waals surface area contributed by atoms with Gasteiger partial charge in [-0.15, -0.1) is 0 Å². The average Bonchev–Trinajstić information content (AvgIpc) is 2.66. The Kier molecular flexibility index (Phi) is 2.40. The second-order valence-electron chi connectivity index (χ2n) is 5.18. The zero-order chi connectivity index (χ0) is 11.1. The van der Waals surface area contributed by atoms with Gasteiger partial charge in [-0.05, 0) is 43.6 Å². The third-order valence-electron chi connectivity index (χ3n) is 4.08. The summed E-state index contributed by atoms with van der Waals surface area (Å²) in [6, 6.07) is 7.65. The molecule has 1 saturated heterocycles. The maximum absolute atomic E-state index is 3.70. The molecule has 3 rings (SSSR count). The van der Waals surface area contributed by atoms with E-state index in [0.29, 0.717) is 12.0 Å². The Hall–Kier alpha value is -1.02. The van der Waals surface area contributed by atoms with Crippen molar-refractivity contribution in [2.45, 2.75) is 31.7 Å². The van der Waals surface area contributed by atoms with Gasteiger partial charge in [0.05, 0.1) is 0 Å². The van der Waals surface area contributed by atoms with Crippen molar-refractivity contribution in [2.75, 3.05) is 25.5 Å². The van der Waals surface area contributed by atoms with Crippen LogP contribution in [0.15, 0.2) is 18.2 Å². The summed E-state index contributed by atoms with van der Waals surface area (Å²) in [6.45, 7) is 4.65. The van der Waals surface area contributed by atoms with Crippen LogP contribution in [0.25, 0.3) is 0 Å². The minimum atomic E-state index is 0.679. The Morgan fingerprint density at radius 3 is 3.12 bits per heavy atom. The molecule has 2 heterocycles. The molecule has 0 spiro atoms. The van der Waals surface area contributed by atoms with Gasteiger partial charge in [0.2, 0.25) is 0 Å². The normalized spacial score (nSPS) is 28.4. The smallest absolute Gasteiger partial charge is 0.0381 e. The molecule has 2 aliphatic rings. The summed E-state index contributed by atoms with van der Waals surface area (Å²) < 4.78 is 0.